The van der Waals surface area contributed by atoms with Gasteiger partial charge < -0.3 is 0 Å². The van der Waals surface area contributed by atoms with Crippen LogP contribution in [0.25, 0.3) is 0 Å². The van der Waals surface area contributed by atoms with Crippen LogP contribution < -0.4 is 10.9 Å². The summed E-state index contributed by atoms with van der Waals surface area (Å²) in [5.41, 5.74) is 10.3. The molecule has 3 aliphatic rings. The highest BCUT2D eigenvalue weighted by atomic mass is 32.2. The van der Waals surface area contributed by atoms with Gasteiger partial charge in [-0.1, -0.05) is 78.8 Å². The molecular weight excluding hydrogens is 380 g/mol. The van der Waals surface area contributed by atoms with Gasteiger partial charge in [-0.15, -0.1) is 10.2 Å². The van der Waals surface area contributed by atoms with Crippen molar-refractivity contribution in [3.63, 3.8) is 0 Å². The van der Waals surface area contributed by atoms with Crippen molar-refractivity contribution in [2.24, 2.45) is 11.0 Å². The minimum atomic E-state index is 0.0945. The fourth-order valence-corrected chi connectivity index (χ4v) is 5.88. The third-order valence-electron chi connectivity index (χ3n) is 6.19. The highest BCUT2D eigenvalue weighted by Gasteiger charge is 2.43. The number of thioether (sulfide) groups is 1. The molecule has 0 radical (unpaired) electrons. The molecule has 146 valence electrons. The molecule has 1 saturated carbocycles. The van der Waals surface area contributed by atoms with Crippen molar-refractivity contribution in [1.29, 1.82) is 0 Å². The highest BCUT2D eigenvalue weighted by molar-refractivity contribution is 8.00. The number of hydrogen-bond donors (Lipinski definition) is 2. The first kappa shape index (κ1) is 17.4. The van der Waals surface area contributed by atoms with Crippen molar-refractivity contribution in [3.8, 4) is 0 Å². The minimum absolute atomic E-state index is 0.0945. The Morgan fingerprint density at radius 3 is 2.52 bits per heavy atom. The van der Waals surface area contributed by atoms with E-state index in [0.29, 0.717) is 12.0 Å². The van der Waals surface area contributed by atoms with E-state index in [9.17, 15) is 0 Å². The number of benzene rings is 2. The van der Waals surface area contributed by atoms with Crippen LogP contribution >= 0.6 is 11.8 Å². The van der Waals surface area contributed by atoms with Gasteiger partial charge in [-0.2, -0.15) is 9.78 Å². The Hall–Kier alpha value is -2.48. The molecule has 1 saturated heterocycles. The van der Waals surface area contributed by atoms with Crippen molar-refractivity contribution in [3.05, 3.63) is 77.6 Å². The van der Waals surface area contributed by atoms with Gasteiger partial charge in [0.2, 0.25) is 5.16 Å². The van der Waals surface area contributed by atoms with E-state index in [1.54, 1.807) is 11.8 Å². The number of rotatable bonds is 3. The zero-order valence-corrected chi connectivity index (χ0v) is 16.7. The van der Waals surface area contributed by atoms with Crippen LogP contribution in [0.3, 0.4) is 0 Å². The topological polar surface area (TPSA) is 67.1 Å². The molecule has 6 nitrogen and oxygen atoms in total. The summed E-state index contributed by atoms with van der Waals surface area (Å²) in [6, 6.07) is 21.7. The monoisotopic (exact) mass is 402 g/mol. The second-order valence-electron chi connectivity index (χ2n) is 7.88. The van der Waals surface area contributed by atoms with E-state index < -0.39 is 0 Å². The van der Waals surface area contributed by atoms with Gasteiger partial charge in [-0.25, -0.2) is 5.43 Å². The molecule has 3 aromatic rings. The van der Waals surface area contributed by atoms with Gasteiger partial charge in [0, 0.05) is 6.04 Å². The summed E-state index contributed by atoms with van der Waals surface area (Å²) in [4.78, 5) is 0. The third-order valence-corrected chi connectivity index (χ3v) is 7.38. The third kappa shape index (κ3) is 2.92. The molecule has 4 atom stereocenters. The second-order valence-corrected chi connectivity index (χ2v) is 8.95. The maximum absolute atomic E-state index is 5.11. The Balaban J connectivity index is 1.45. The van der Waals surface area contributed by atoms with E-state index in [1.807, 2.05) is 16.8 Å². The molecule has 2 aliphatic heterocycles. The SMILES string of the molecule is c1ccc(C2=Nn3c(nnc3C3NNC4CCCC43)SC2c2ccccc2)cc1. The molecule has 0 spiro atoms. The lowest BCUT2D eigenvalue weighted by Gasteiger charge is -2.25. The quantitative estimate of drug-likeness (QED) is 0.699. The summed E-state index contributed by atoms with van der Waals surface area (Å²) in [6.07, 6.45) is 3.70. The standard InChI is InChI=1S/C22H22N6S/c1-3-8-14(9-4-1)18-20(15-10-5-2-6-11-15)29-22-26-25-21(28(22)27-18)19-16-12-7-13-17(16)23-24-19/h1-6,8-11,16-17,19-20,23-24H,7,12-13H2. The van der Waals surface area contributed by atoms with E-state index in [0.717, 1.165) is 22.3 Å². The van der Waals surface area contributed by atoms with E-state index in [-0.39, 0.29) is 11.3 Å². The number of nitrogens with one attached hydrogen (secondary N) is 2. The fraction of sp³-hybridized carbons (Fsp3) is 0.318. The second kappa shape index (κ2) is 7.09. The van der Waals surface area contributed by atoms with Gasteiger partial charge in [0.25, 0.3) is 0 Å². The Morgan fingerprint density at radius 2 is 1.69 bits per heavy atom. The highest BCUT2D eigenvalue weighted by Crippen LogP contribution is 2.44. The minimum Gasteiger partial charge on any atom is -0.254 e. The van der Waals surface area contributed by atoms with Crippen molar-refractivity contribution in [1.82, 2.24) is 25.7 Å². The van der Waals surface area contributed by atoms with E-state index >= 15 is 0 Å². The van der Waals surface area contributed by atoms with Crippen molar-refractivity contribution >= 4 is 17.5 Å². The molecule has 29 heavy (non-hydrogen) atoms. The molecule has 4 unspecified atom stereocenters. The first-order chi connectivity index (χ1) is 14.4. The summed E-state index contributed by atoms with van der Waals surface area (Å²) >= 11 is 1.73. The summed E-state index contributed by atoms with van der Waals surface area (Å²) in [6.45, 7) is 0. The lowest BCUT2D eigenvalue weighted by atomic mass is 9.97. The van der Waals surface area contributed by atoms with Crippen LogP contribution in [0.1, 0.15) is 47.5 Å². The maximum Gasteiger partial charge on any atom is 0.213 e. The molecule has 6 rings (SSSR count). The van der Waals surface area contributed by atoms with Crippen LogP contribution in [0.4, 0.5) is 0 Å². The molecule has 3 heterocycles. The summed E-state index contributed by atoms with van der Waals surface area (Å²) in [5.74, 6) is 1.46. The van der Waals surface area contributed by atoms with E-state index in [2.05, 4.69) is 69.6 Å². The molecular formula is C22H22N6S. The summed E-state index contributed by atoms with van der Waals surface area (Å²) in [5, 5.41) is 15.2. The molecule has 2 aromatic carbocycles. The normalized spacial score (nSPS) is 28.1. The van der Waals surface area contributed by atoms with Gasteiger partial charge in [0.1, 0.15) is 0 Å². The number of fused-ring (bicyclic) bond motifs is 2. The first-order valence-corrected chi connectivity index (χ1v) is 11.1. The van der Waals surface area contributed by atoms with Gasteiger partial charge >= 0.3 is 0 Å². The van der Waals surface area contributed by atoms with Gasteiger partial charge in [0.05, 0.1) is 17.0 Å². The zero-order chi connectivity index (χ0) is 19.2. The maximum atomic E-state index is 5.11. The first-order valence-electron chi connectivity index (χ1n) is 10.2. The van der Waals surface area contributed by atoms with Crippen LogP contribution in [0.15, 0.2) is 70.9 Å². The molecule has 0 amide bonds. The van der Waals surface area contributed by atoms with Crippen molar-refractivity contribution in [2.75, 3.05) is 0 Å². The fourth-order valence-electron chi connectivity index (χ4n) is 4.76. The lowest BCUT2D eigenvalue weighted by molar-refractivity contribution is 0.425. The number of nitrogens with zero attached hydrogens (tertiary/aromatic N) is 4. The van der Waals surface area contributed by atoms with Crippen molar-refractivity contribution in [2.45, 2.75) is 41.8 Å². The molecule has 2 N–H and O–H groups in total. The molecule has 2 fully saturated rings. The van der Waals surface area contributed by atoms with Crippen LogP contribution in [0.5, 0.6) is 0 Å². The average molecular weight is 403 g/mol. The van der Waals surface area contributed by atoms with E-state index in [4.69, 9.17) is 5.10 Å². The van der Waals surface area contributed by atoms with Gasteiger partial charge in [-0.05, 0) is 29.9 Å². The molecule has 0 bridgehead atoms. The van der Waals surface area contributed by atoms with Gasteiger partial charge in [0.15, 0.2) is 5.82 Å². The summed E-state index contributed by atoms with van der Waals surface area (Å²) < 4.78 is 1.96. The predicted molar refractivity (Wildman–Crippen MR) is 114 cm³/mol. The predicted octanol–water partition coefficient (Wildman–Crippen LogP) is 3.70. The van der Waals surface area contributed by atoms with Crippen molar-refractivity contribution < 1.29 is 0 Å². The number of aromatic nitrogens is 3. The zero-order valence-electron chi connectivity index (χ0n) is 15.9. The molecule has 1 aromatic heterocycles. The molecule has 1 aliphatic carbocycles. The summed E-state index contributed by atoms with van der Waals surface area (Å²) in [7, 11) is 0. The smallest absolute Gasteiger partial charge is 0.213 e. The Kier molecular flexibility index (Phi) is 4.25. The van der Waals surface area contributed by atoms with Crippen LogP contribution in [0.2, 0.25) is 0 Å². The largest absolute Gasteiger partial charge is 0.254 e. The number of hydrazine groups is 1. The molecule has 7 heteroatoms. The van der Waals surface area contributed by atoms with E-state index in [1.165, 1.54) is 24.8 Å². The Morgan fingerprint density at radius 1 is 0.897 bits per heavy atom. The lowest BCUT2D eigenvalue weighted by Crippen LogP contribution is -2.31. The van der Waals surface area contributed by atoms with Crippen LogP contribution in [0, 0.1) is 5.92 Å². The average Bonchev–Trinajstić information content (AvgIpc) is 3.50. The number of hydrogen-bond acceptors (Lipinski definition) is 6. The van der Waals surface area contributed by atoms with Crippen LogP contribution in [-0.4, -0.2) is 26.6 Å². The van der Waals surface area contributed by atoms with Crippen LogP contribution in [-0.2, 0) is 0 Å². The Bertz CT molecular complexity index is 1050. The van der Waals surface area contributed by atoms with Gasteiger partial charge in [-0.3, -0.25) is 5.43 Å². The Labute approximate surface area is 173 Å².